The van der Waals surface area contributed by atoms with E-state index in [0.717, 1.165) is 32.7 Å². The van der Waals surface area contributed by atoms with Crippen LogP contribution in [0.5, 0.6) is 5.75 Å². The molecule has 2 fully saturated rings. The first kappa shape index (κ1) is 26.0. The molecular formula is C28H29FN6O2S. The Bertz CT molecular complexity index is 1400. The standard InChI is InChI=1S/C28H29FN6O2S/c1-32-12-14-33(15-13-32)16-17-37-25-9-7-21(18-23(25)29)34-11-3-5-26(36)35(28(34)38)24-8-6-20(19-30)27-22(24)4-2-10-31-27/h2,4,6-10,18H,3,5,11-17H2,1H3. The molecule has 38 heavy (non-hydrogen) atoms. The zero-order valence-electron chi connectivity index (χ0n) is 21.3. The Morgan fingerprint density at radius 3 is 2.71 bits per heavy atom. The summed E-state index contributed by atoms with van der Waals surface area (Å²) in [6.45, 7) is 5.62. The normalized spacial score (nSPS) is 17.5. The highest BCUT2D eigenvalue weighted by molar-refractivity contribution is 7.81. The summed E-state index contributed by atoms with van der Waals surface area (Å²) in [4.78, 5) is 25.4. The Balaban J connectivity index is 1.36. The van der Waals surface area contributed by atoms with Crippen LogP contribution in [0.25, 0.3) is 10.9 Å². The van der Waals surface area contributed by atoms with Crippen molar-refractivity contribution in [2.24, 2.45) is 0 Å². The molecule has 0 saturated carbocycles. The summed E-state index contributed by atoms with van der Waals surface area (Å²) >= 11 is 5.81. The van der Waals surface area contributed by atoms with Gasteiger partial charge in [0.05, 0.1) is 16.8 Å². The maximum absolute atomic E-state index is 15.1. The fraction of sp³-hybridized carbons (Fsp3) is 0.357. The third-order valence-corrected chi connectivity index (χ3v) is 7.44. The molecule has 5 rings (SSSR count). The predicted molar refractivity (Wildman–Crippen MR) is 149 cm³/mol. The van der Waals surface area contributed by atoms with Crippen molar-refractivity contribution < 1.29 is 13.9 Å². The third-order valence-electron chi connectivity index (χ3n) is 7.04. The van der Waals surface area contributed by atoms with Crippen molar-refractivity contribution in [1.29, 1.82) is 5.26 Å². The Labute approximate surface area is 226 Å². The van der Waals surface area contributed by atoms with Gasteiger partial charge >= 0.3 is 0 Å². The Morgan fingerprint density at radius 2 is 1.95 bits per heavy atom. The van der Waals surface area contributed by atoms with Crippen LogP contribution in [-0.4, -0.2) is 78.7 Å². The minimum Gasteiger partial charge on any atom is -0.489 e. The quantitative estimate of drug-likeness (QED) is 0.444. The number of carbonyl (C=O) groups excluding carboxylic acids is 1. The Kier molecular flexibility index (Phi) is 7.79. The van der Waals surface area contributed by atoms with Gasteiger partial charge in [-0.05, 0) is 62.1 Å². The largest absolute Gasteiger partial charge is 0.489 e. The van der Waals surface area contributed by atoms with Gasteiger partial charge in [-0.25, -0.2) is 4.39 Å². The van der Waals surface area contributed by atoms with E-state index in [2.05, 4.69) is 27.9 Å². The van der Waals surface area contributed by atoms with Crippen LogP contribution in [0.2, 0.25) is 0 Å². The summed E-state index contributed by atoms with van der Waals surface area (Å²) in [6.07, 6.45) is 2.46. The molecule has 10 heteroatoms. The van der Waals surface area contributed by atoms with Crippen LogP contribution in [0.4, 0.5) is 15.8 Å². The van der Waals surface area contributed by atoms with Crippen molar-refractivity contribution in [1.82, 2.24) is 14.8 Å². The van der Waals surface area contributed by atoms with Gasteiger partial charge in [0.2, 0.25) is 5.91 Å². The molecule has 3 heterocycles. The van der Waals surface area contributed by atoms with Crippen molar-refractivity contribution in [3.05, 3.63) is 60.0 Å². The number of amides is 1. The molecule has 0 unspecified atom stereocenters. The molecule has 0 radical (unpaired) electrons. The summed E-state index contributed by atoms with van der Waals surface area (Å²) in [6, 6.07) is 13.9. The van der Waals surface area contributed by atoms with E-state index in [9.17, 15) is 10.1 Å². The number of likely N-dealkylation sites (N-methyl/N-ethyl adjacent to an activating group) is 1. The number of carbonyl (C=O) groups is 1. The van der Waals surface area contributed by atoms with E-state index in [-0.39, 0.29) is 23.2 Å². The molecule has 2 aliphatic rings. The summed E-state index contributed by atoms with van der Waals surface area (Å²) in [5, 5.41) is 10.4. The zero-order valence-corrected chi connectivity index (χ0v) is 22.1. The smallest absolute Gasteiger partial charge is 0.233 e. The molecular weight excluding hydrogens is 503 g/mol. The van der Waals surface area contributed by atoms with Gasteiger partial charge in [0, 0.05) is 69.0 Å². The van der Waals surface area contributed by atoms with Crippen LogP contribution in [-0.2, 0) is 4.79 Å². The number of halogens is 1. The number of aromatic nitrogens is 1. The number of nitriles is 1. The van der Waals surface area contributed by atoms with Crippen molar-refractivity contribution in [2.75, 3.05) is 62.7 Å². The van der Waals surface area contributed by atoms with E-state index in [0.29, 0.717) is 47.4 Å². The molecule has 196 valence electrons. The molecule has 2 aliphatic heterocycles. The molecule has 8 nitrogen and oxygen atoms in total. The predicted octanol–water partition coefficient (Wildman–Crippen LogP) is 3.79. The number of nitrogens with zero attached hydrogens (tertiary/aromatic N) is 6. The average molecular weight is 533 g/mol. The highest BCUT2D eigenvalue weighted by atomic mass is 32.1. The highest BCUT2D eigenvalue weighted by Crippen LogP contribution is 2.33. The zero-order chi connectivity index (χ0) is 26.6. The van der Waals surface area contributed by atoms with Crippen molar-refractivity contribution in [2.45, 2.75) is 12.8 Å². The van der Waals surface area contributed by atoms with Crippen LogP contribution >= 0.6 is 12.2 Å². The lowest BCUT2D eigenvalue weighted by Gasteiger charge is -2.32. The van der Waals surface area contributed by atoms with Crippen molar-refractivity contribution in [3.8, 4) is 11.8 Å². The first-order chi connectivity index (χ1) is 18.5. The lowest BCUT2D eigenvalue weighted by Crippen LogP contribution is -2.45. The third kappa shape index (κ3) is 5.31. The highest BCUT2D eigenvalue weighted by Gasteiger charge is 2.30. The van der Waals surface area contributed by atoms with Crippen LogP contribution in [0.15, 0.2) is 48.7 Å². The minimum atomic E-state index is -0.473. The molecule has 1 amide bonds. The van der Waals surface area contributed by atoms with Gasteiger partial charge in [0.25, 0.3) is 0 Å². The molecule has 0 atom stereocenters. The lowest BCUT2D eigenvalue weighted by atomic mass is 10.1. The average Bonchev–Trinajstić information content (AvgIpc) is 3.07. The summed E-state index contributed by atoms with van der Waals surface area (Å²) in [5.74, 6) is -0.434. The fourth-order valence-corrected chi connectivity index (χ4v) is 5.27. The van der Waals surface area contributed by atoms with Crippen LogP contribution in [0.1, 0.15) is 18.4 Å². The van der Waals surface area contributed by atoms with E-state index in [1.807, 2.05) is 6.07 Å². The van der Waals surface area contributed by atoms with Gasteiger partial charge in [0.1, 0.15) is 12.7 Å². The number of thiocarbonyl (C=S) groups is 1. The molecule has 0 spiro atoms. The number of rotatable bonds is 6. The maximum Gasteiger partial charge on any atom is 0.233 e. The number of fused-ring (bicyclic) bond motifs is 1. The van der Waals surface area contributed by atoms with Gasteiger partial charge in [-0.3, -0.25) is 19.6 Å². The number of anilines is 2. The van der Waals surface area contributed by atoms with E-state index in [4.69, 9.17) is 17.0 Å². The Morgan fingerprint density at radius 1 is 1.13 bits per heavy atom. The molecule has 0 N–H and O–H groups in total. The molecule has 0 aliphatic carbocycles. The van der Waals surface area contributed by atoms with Gasteiger partial charge in [-0.1, -0.05) is 0 Å². The molecule has 1 aromatic heterocycles. The first-order valence-corrected chi connectivity index (χ1v) is 13.1. The van der Waals surface area contributed by atoms with E-state index >= 15 is 4.39 Å². The first-order valence-electron chi connectivity index (χ1n) is 12.7. The topological polar surface area (TPSA) is 75.9 Å². The molecule has 0 bridgehead atoms. The molecule has 3 aromatic rings. The summed E-state index contributed by atoms with van der Waals surface area (Å²) in [5.41, 5.74) is 2.02. The van der Waals surface area contributed by atoms with Crippen LogP contribution in [0.3, 0.4) is 0 Å². The monoisotopic (exact) mass is 532 g/mol. The number of ether oxygens (including phenoxy) is 1. The number of hydrogen-bond acceptors (Lipinski definition) is 7. The second-order valence-electron chi connectivity index (χ2n) is 9.52. The van der Waals surface area contributed by atoms with Gasteiger partial charge in [0.15, 0.2) is 16.7 Å². The number of piperazine rings is 1. The Hall–Kier alpha value is -3.65. The van der Waals surface area contributed by atoms with Crippen LogP contribution in [0, 0.1) is 17.1 Å². The number of pyridine rings is 1. The van der Waals surface area contributed by atoms with Gasteiger partial charge in [-0.2, -0.15) is 5.26 Å². The second-order valence-corrected chi connectivity index (χ2v) is 9.88. The molecule has 2 saturated heterocycles. The van der Waals surface area contributed by atoms with Gasteiger partial charge < -0.3 is 14.5 Å². The van der Waals surface area contributed by atoms with Crippen LogP contribution < -0.4 is 14.5 Å². The van der Waals surface area contributed by atoms with Gasteiger partial charge in [-0.15, -0.1) is 0 Å². The number of benzene rings is 2. The minimum absolute atomic E-state index is 0.156. The lowest BCUT2D eigenvalue weighted by molar-refractivity contribution is -0.117. The van der Waals surface area contributed by atoms with E-state index < -0.39 is 5.82 Å². The van der Waals surface area contributed by atoms with E-state index in [1.165, 1.54) is 11.0 Å². The summed E-state index contributed by atoms with van der Waals surface area (Å²) < 4.78 is 20.9. The van der Waals surface area contributed by atoms with E-state index in [1.54, 1.807) is 41.4 Å². The van der Waals surface area contributed by atoms with Crippen molar-refractivity contribution in [3.63, 3.8) is 0 Å². The summed E-state index contributed by atoms with van der Waals surface area (Å²) in [7, 11) is 2.11. The number of hydrogen-bond donors (Lipinski definition) is 0. The molecule has 2 aromatic carbocycles. The SMILES string of the molecule is CN1CCN(CCOc2ccc(N3CCCC(=O)N(c4ccc(C#N)c5ncccc45)C3=S)cc2F)CC1. The van der Waals surface area contributed by atoms with Crippen molar-refractivity contribution >= 4 is 45.5 Å². The fourth-order valence-electron chi connectivity index (χ4n) is 4.87. The maximum atomic E-state index is 15.1. The second kappa shape index (κ2) is 11.4.